The van der Waals surface area contributed by atoms with Crippen molar-refractivity contribution in [2.45, 2.75) is 32.7 Å². The number of likely N-dealkylation sites (tertiary alicyclic amines) is 1. The van der Waals surface area contributed by atoms with Crippen LogP contribution < -0.4 is 18.9 Å². The number of benzene rings is 2. The Morgan fingerprint density at radius 3 is 2.46 bits per heavy atom. The molecular weight excluding hydrogens is 528 g/mol. The van der Waals surface area contributed by atoms with E-state index in [9.17, 15) is 14.7 Å². The molecule has 0 spiro atoms. The van der Waals surface area contributed by atoms with Crippen LogP contribution >= 0.6 is 0 Å². The first kappa shape index (κ1) is 28.8. The van der Waals surface area contributed by atoms with Crippen molar-refractivity contribution in [2.75, 3.05) is 65.8 Å². The van der Waals surface area contributed by atoms with Crippen molar-refractivity contribution in [2.24, 2.45) is 0 Å². The maximum Gasteiger partial charge on any atom is 0.295 e. The Bertz CT molecular complexity index is 1290. The van der Waals surface area contributed by atoms with Gasteiger partial charge in [0.05, 0.1) is 38.0 Å². The number of ketones is 1. The fraction of sp³-hybridized carbons (Fsp3) is 0.484. The third-order valence-electron chi connectivity index (χ3n) is 7.46. The molecule has 5 rings (SSSR count). The highest BCUT2D eigenvalue weighted by Gasteiger charge is 2.46. The van der Waals surface area contributed by atoms with E-state index in [1.807, 2.05) is 19.1 Å². The average molecular weight is 567 g/mol. The summed E-state index contributed by atoms with van der Waals surface area (Å²) in [6.07, 6.45) is 1.91. The SMILES string of the molecule is CCCCOc1ccc(C2/C(=C(/O)c3ccc4c(c3)OCCO4)C(=O)C(=O)N2CCN2CCOCC2)cc1OCC. The molecule has 10 heteroatoms. The van der Waals surface area contributed by atoms with Gasteiger partial charge in [-0.1, -0.05) is 19.4 Å². The van der Waals surface area contributed by atoms with Crippen LogP contribution in [0, 0.1) is 0 Å². The van der Waals surface area contributed by atoms with Gasteiger partial charge in [0.1, 0.15) is 19.0 Å². The van der Waals surface area contributed by atoms with Crippen LogP contribution in [0.4, 0.5) is 0 Å². The van der Waals surface area contributed by atoms with Crippen LogP contribution in [0.25, 0.3) is 5.76 Å². The number of hydrogen-bond donors (Lipinski definition) is 1. The lowest BCUT2D eigenvalue weighted by Crippen LogP contribution is -2.42. The average Bonchev–Trinajstić information content (AvgIpc) is 3.26. The Labute approximate surface area is 240 Å². The number of carbonyl (C=O) groups excluding carboxylic acids is 2. The third kappa shape index (κ3) is 6.28. The molecule has 10 nitrogen and oxygen atoms in total. The summed E-state index contributed by atoms with van der Waals surface area (Å²) in [4.78, 5) is 30.8. The number of amides is 1. The van der Waals surface area contributed by atoms with Crippen LogP contribution in [0.2, 0.25) is 0 Å². The number of ether oxygens (including phenoxy) is 5. The van der Waals surface area contributed by atoms with Gasteiger partial charge in [-0.25, -0.2) is 0 Å². The zero-order valence-electron chi connectivity index (χ0n) is 23.7. The smallest absolute Gasteiger partial charge is 0.295 e. The van der Waals surface area contributed by atoms with Gasteiger partial charge in [0.15, 0.2) is 23.0 Å². The summed E-state index contributed by atoms with van der Waals surface area (Å²) in [7, 11) is 0. The first-order valence-corrected chi connectivity index (χ1v) is 14.4. The second kappa shape index (κ2) is 13.3. The van der Waals surface area contributed by atoms with E-state index in [0.29, 0.717) is 86.9 Å². The van der Waals surface area contributed by atoms with Crippen molar-refractivity contribution >= 4 is 17.4 Å². The lowest BCUT2D eigenvalue weighted by molar-refractivity contribution is -0.140. The molecule has 0 bridgehead atoms. The standard InChI is InChI=1S/C31H38N2O8/c1-3-5-14-39-23-8-6-21(19-25(23)38-4-2)28-27(29(34)22-7-9-24-26(20-22)41-18-17-40-24)30(35)31(36)33(28)11-10-32-12-15-37-16-13-32/h6-9,19-20,28,34H,3-5,10-18H2,1-2H3/b29-27-. The second-order valence-electron chi connectivity index (χ2n) is 10.1. The minimum atomic E-state index is -0.812. The molecule has 1 amide bonds. The summed E-state index contributed by atoms with van der Waals surface area (Å²) in [6.45, 7) is 9.43. The lowest BCUT2D eigenvalue weighted by atomic mass is 9.94. The number of rotatable bonds is 11. The van der Waals surface area contributed by atoms with Crippen LogP contribution in [0.5, 0.6) is 23.0 Å². The van der Waals surface area contributed by atoms with Gasteiger partial charge in [-0.2, -0.15) is 0 Å². The molecule has 3 aliphatic heterocycles. The zero-order chi connectivity index (χ0) is 28.8. The highest BCUT2D eigenvalue weighted by Crippen LogP contribution is 2.43. The molecule has 2 saturated heterocycles. The van der Waals surface area contributed by atoms with E-state index in [1.165, 1.54) is 0 Å². The monoisotopic (exact) mass is 566 g/mol. The number of aliphatic hydroxyl groups excluding tert-OH is 1. The lowest BCUT2D eigenvalue weighted by Gasteiger charge is -2.31. The van der Waals surface area contributed by atoms with Gasteiger partial charge < -0.3 is 33.7 Å². The van der Waals surface area contributed by atoms with Crippen LogP contribution in [0.1, 0.15) is 43.9 Å². The van der Waals surface area contributed by atoms with Crippen LogP contribution in [0.3, 0.4) is 0 Å². The van der Waals surface area contributed by atoms with Crippen molar-refractivity contribution in [1.82, 2.24) is 9.80 Å². The summed E-state index contributed by atoms with van der Waals surface area (Å²) < 4.78 is 28.6. The predicted octanol–water partition coefficient (Wildman–Crippen LogP) is 3.79. The molecule has 0 aliphatic carbocycles. The van der Waals surface area contributed by atoms with Gasteiger partial charge in [-0.15, -0.1) is 0 Å². The van der Waals surface area contributed by atoms with E-state index >= 15 is 0 Å². The predicted molar refractivity (Wildman–Crippen MR) is 152 cm³/mol. The highest BCUT2D eigenvalue weighted by atomic mass is 16.6. The summed E-state index contributed by atoms with van der Waals surface area (Å²) in [5.74, 6) is 0.524. The molecule has 41 heavy (non-hydrogen) atoms. The summed E-state index contributed by atoms with van der Waals surface area (Å²) in [5.41, 5.74) is 1.04. The van der Waals surface area contributed by atoms with Crippen LogP contribution in [0.15, 0.2) is 42.0 Å². The molecule has 1 N–H and O–H groups in total. The van der Waals surface area contributed by atoms with Crippen molar-refractivity contribution < 1.29 is 38.4 Å². The van der Waals surface area contributed by atoms with Crippen molar-refractivity contribution in [3.05, 3.63) is 53.1 Å². The topological polar surface area (TPSA) is 107 Å². The van der Waals surface area contributed by atoms with Gasteiger partial charge in [0.2, 0.25) is 0 Å². The highest BCUT2D eigenvalue weighted by molar-refractivity contribution is 6.46. The minimum Gasteiger partial charge on any atom is -0.507 e. The van der Waals surface area contributed by atoms with E-state index in [1.54, 1.807) is 29.2 Å². The van der Waals surface area contributed by atoms with Gasteiger partial charge in [-0.05, 0) is 49.2 Å². The molecule has 2 aromatic rings. The minimum absolute atomic E-state index is 0.0238. The molecule has 1 unspecified atom stereocenters. The Kier molecular flexibility index (Phi) is 9.31. The van der Waals surface area contributed by atoms with Gasteiger partial charge in [-0.3, -0.25) is 14.5 Å². The van der Waals surface area contributed by atoms with E-state index in [4.69, 9.17) is 23.7 Å². The fourth-order valence-electron chi connectivity index (χ4n) is 5.29. The number of unbranched alkanes of at least 4 members (excludes halogenated alkanes) is 1. The molecule has 3 heterocycles. The molecule has 0 radical (unpaired) electrons. The summed E-state index contributed by atoms with van der Waals surface area (Å²) in [6, 6.07) is 9.63. The maximum absolute atomic E-state index is 13.6. The maximum atomic E-state index is 13.6. The first-order chi connectivity index (χ1) is 20.0. The number of hydrogen-bond acceptors (Lipinski definition) is 9. The zero-order valence-corrected chi connectivity index (χ0v) is 23.7. The number of fused-ring (bicyclic) bond motifs is 1. The van der Waals surface area contributed by atoms with E-state index < -0.39 is 17.7 Å². The Morgan fingerprint density at radius 2 is 1.71 bits per heavy atom. The number of morpholine rings is 1. The first-order valence-electron chi connectivity index (χ1n) is 14.4. The Hall–Kier alpha value is -3.76. The van der Waals surface area contributed by atoms with Gasteiger partial charge in [0.25, 0.3) is 11.7 Å². The fourth-order valence-corrected chi connectivity index (χ4v) is 5.29. The molecular formula is C31H38N2O8. The van der Waals surface area contributed by atoms with Crippen LogP contribution in [-0.4, -0.2) is 92.4 Å². The Balaban J connectivity index is 1.55. The van der Waals surface area contributed by atoms with Crippen molar-refractivity contribution in [1.29, 1.82) is 0 Å². The molecule has 0 saturated carbocycles. The number of Topliss-reactive ketones (excluding diaryl/α,β-unsaturated/α-hetero) is 1. The van der Waals surface area contributed by atoms with E-state index in [2.05, 4.69) is 11.8 Å². The van der Waals surface area contributed by atoms with E-state index in [0.717, 1.165) is 25.9 Å². The number of carbonyl (C=O) groups is 2. The molecule has 0 aromatic heterocycles. The van der Waals surface area contributed by atoms with Crippen LogP contribution in [-0.2, 0) is 14.3 Å². The molecule has 220 valence electrons. The molecule has 2 aromatic carbocycles. The number of aliphatic hydroxyl groups is 1. The normalized spacial score (nSPS) is 20.3. The quantitative estimate of drug-likeness (QED) is 0.188. The Morgan fingerprint density at radius 1 is 0.927 bits per heavy atom. The van der Waals surface area contributed by atoms with Crippen molar-refractivity contribution in [3.63, 3.8) is 0 Å². The summed E-state index contributed by atoms with van der Waals surface area (Å²) in [5, 5.41) is 11.5. The largest absolute Gasteiger partial charge is 0.507 e. The molecule has 2 fully saturated rings. The number of nitrogens with zero attached hydrogens (tertiary/aromatic N) is 2. The molecule has 3 aliphatic rings. The third-order valence-corrected chi connectivity index (χ3v) is 7.46. The van der Waals surface area contributed by atoms with Gasteiger partial charge >= 0.3 is 0 Å². The van der Waals surface area contributed by atoms with E-state index in [-0.39, 0.29) is 11.3 Å². The van der Waals surface area contributed by atoms with Crippen molar-refractivity contribution in [3.8, 4) is 23.0 Å². The second-order valence-corrected chi connectivity index (χ2v) is 10.1. The molecule has 1 atom stereocenters. The van der Waals surface area contributed by atoms with Gasteiger partial charge in [0, 0.05) is 31.7 Å². The summed E-state index contributed by atoms with van der Waals surface area (Å²) >= 11 is 0.